The van der Waals surface area contributed by atoms with Crippen LogP contribution in [0.2, 0.25) is 0 Å². The molecule has 22 heavy (non-hydrogen) atoms. The smallest absolute Gasteiger partial charge is 0.387 e. The molecular weight excluding hydrogens is 294 g/mol. The molecule has 2 N–H and O–H groups in total. The second kappa shape index (κ2) is 7.51. The van der Waals surface area contributed by atoms with Gasteiger partial charge in [0.2, 0.25) is 0 Å². The first-order valence-corrected chi connectivity index (χ1v) is 7.29. The number of ether oxygens (including phenoxy) is 1. The lowest BCUT2D eigenvalue weighted by Gasteiger charge is -2.36. The normalized spacial score (nSPS) is 20.8. The molecule has 1 aliphatic heterocycles. The SMILES string of the molecule is CCC(C(=O)O)N1CCC(c2cccc(OC(F)F)c2)CN1. The van der Waals surface area contributed by atoms with E-state index >= 15 is 0 Å². The van der Waals surface area contributed by atoms with Crippen LogP contribution in [0.3, 0.4) is 0 Å². The number of carboxylic acids is 1. The molecule has 0 aliphatic carbocycles. The molecule has 2 unspecified atom stereocenters. The Balaban J connectivity index is 1.98. The Hall–Kier alpha value is -1.73. The molecule has 1 heterocycles. The summed E-state index contributed by atoms with van der Waals surface area (Å²) >= 11 is 0. The highest BCUT2D eigenvalue weighted by Gasteiger charge is 2.28. The van der Waals surface area contributed by atoms with E-state index in [9.17, 15) is 13.6 Å². The summed E-state index contributed by atoms with van der Waals surface area (Å²) < 4.78 is 28.9. The van der Waals surface area contributed by atoms with Crippen molar-refractivity contribution in [1.82, 2.24) is 10.4 Å². The maximum Gasteiger partial charge on any atom is 0.387 e. The van der Waals surface area contributed by atoms with Gasteiger partial charge in [0, 0.05) is 13.1 Å². The maximum atomic E-state index is 12.3. The largest absolute Gasteiger partial charge is 0.480 e. The molecule has 1 aromatic carbocycles. The zero-order valence-corrected chi connectivity index (χ0v) is 12.3. The molecule has 1 aliphatic rings. The number of hydrogen-bond donors (Lipinski definition) is 2. The first-order chi connectivity index (χ1) is 10.5. The number of benzene rings is 1. The third kappa shape index (κ3) is 4.14. The quantitative estimate of drug-likeness (QED) is 0.844. The van der Waals surface area contributed by atoms with Gasteiger partial charge in [-0.1, -0.05) is 19.1 Å². The summed E-state index contributed by atoms with van der Waals surface area (Å²) in [4.78, 5) is 11.2. The van der Waals surface area contributed by atoms with Crippen LogP contribution in [0.5, 0.6) is 5.75 Å². The maximum absolute atomic E-state index is 12.3. The van der Waals surface area contributed by atoms with Crippen molar-refractivity contribution in [2.75, 3.05) is 13.1 Å². The van der Waals surface area contributed by atoms with E-state index in [1.807, 2.05) is 13.0 Å². The lowest BCUT2D eigenvalue weighted by atomic mass is 9.94. The van der Waals surface area contributed by atoms with Gasteiger partial charge in [-0.2, -0.15) is 8.78 Å². The average Bonchev–Trinajstić information content (AvgIpc) is 2.48. The summed E-state index contributed by atoms with van der Waals surface area (Å²) in [6.45, 7) is 0.158. The topological polar surface area (TPSA) is 61.8 Å². The molecule has 0 bridgehead atoms. The number of nitrogens with one attached hydrogen (secondary N) is 1. The van der Waals surface area contributed by atoms with Crippen molar-refractivity contribution in [3.63, 3.8) is 0 Å². The molecule has 0 aromatic heterocycles. The van der Waals surface area contributed by atoms with E-state index in [1.165, 1.54) is 6.07 Å². The van der Waals surface area contributed by atoms with Crippen LogP contribution < -0.4 is 10.2 Å². The lowest BCUT2D eigenvalue weighted by Crippen LogP contribution is -2.54. The minimum absolute atomic E-state index is 0.142. The number of rotatable bonds is 6. The highest BCUT2D eigenvalue weighted by Crippen LogP contribution is 2.27. The van der Waals surface area contributed by atoms with Gasteiger partial charge >= 0.3 is 12.6 Å². The van der Waals surface area contributed by atoms with Crippen LogP contribution >= 0.6 is 0 Å². The lowest BCUT2D eigenvalue weighted by molar-refractivity contribution is -0.145. The van der Waals surface area contributed by atoms with Crippen LogP contribution in [0.25, 0.3) is 0 Å². The van der Waals surface area contributed by atoms with Gasteiger partial charge in [0.1, 0.15) is 11.8 Å². The summed E-state index contributed by atoms with van der Waals surface area (Å²) in [5, 5.41) is 10.9. The van der Waals surface area contributed by atoms with E-state index in [0.717, 1.165) is 12.0 Å². The fourth-order valence-corrected chi connectivity index (χ4v) is 2.73. The number of nitrogens with zero attached hydrogens (tertiary/aromatic N) is 1. The van der Waals surface area contributed by atoms with E-state index in [-0.39, 0.29) is 11.7 Å². The molecule has 5 nitrogen and oxygen atoms in total. The molecule has 1 fully saturated rings. The number of carbonyl (C=O) groups is 1. The Bertz CT molecular complexity index is 505. The van der Waals surface area contributed by atoms with Gasteiger partial charge in [-0.25, -0.2) is 5.01 Å². The van der Waals surface area contributed by atoms with E-state index in [0.29, 0.717) is 19.5 Å². The van der Waals surface area contributed by atoms with Gasteiger partial charge in [-0.05, 0) is 36.5 Å². The fourth-order valence-electron chi connectivity index (χ4n) is 2.73. The Morgan fingerprint density at radius 1 is 1.55 bits per heavy atom. The molecule has 1 saturated heterocycles. The van der Waals surface area contributed by atoms with Crippen molar-refractivity contribution >= 4 is 5.97 Å². The van der Waals surface area contributed by atoms with Crippen molar-refractivity contribution in [3.8, 4) is 5.75 Å². The number of hydrogen-bond acceptors (Lipinski definition) is 4. The number of halogens is 2. The zero-order chi connectivity index (χ0) is 16.1. The van der Waals surface area contributed by atoms with Crippen LogP contribution in [0, 0.1) is 0 Å². The number of hydrazine groups is 1. The number of alkyl halides is 2. The predicted octanol–water partition coefficient (Wildman–Crippen LogP) is 2.45. The number of carboxylic acid groups (broad SMARTS) is 1. The Kier molecular flexibility index (Phi) is 5.68. The molecule has 1 aromatic rings. The summed E-state index contributed by atoms with van der Waals surface area (Å²) in [6, 6.07) is 6.12. The standard InChI is InChI=1S/C15H20F2N2O3/c1-2-13(14(20)21)19-7-6-11(9-18-19)10-4-3-5-12(8-10)22-15(16)17/h3-5,8,11,13,15,18H,2,6-7,9H2,1H3,(H,20,21). The van der Waals surface area contributed by atoms with Gasteiger partial charge in [0.05, 0.1) is 0 Å². The van der Waals surface area contributed by atoms with Crippen LogP contribution in [0.15, 0.2) is 24.3 Å². The molecule has 122 valence electrons. The Morgan fingerprint density at radius 2 is 2.32 bits per heavy atom. The first-order valence-electron chi connectivity index (χ1n) is 7.29. The first kappa shape index (κ1) is 16.6. The molecule has 0 saturated carbocycles. The van der Waals surface area contributed by atoms with Crippen molar-refractivity contribution in [1.29, 1.82) is 0 Å². The minimum atomic E-state index is -2.84. The van der Waals surface area contributed by atoms with E-state index < -0.39 is 18.6 Å². The summed E-state index contributed by atoms with van der Waals surface area (Å²) in [5.74, 6) is -0.559. The monoisotopic (exact) mass is 314 g/mol. The molecule has 2 atom stereocenters. The molecule has 7 heteroatoms. The number of aliphatic carboxylic acids is 1. The third-order valence-corrected chi connectivity index (χ3v) is 3.86. The van der Waals surface area contributed by atoms with Crippen molar-refractivity contribution in [2.45, 2.75) is 38.3 Å². The van der Waals surface area contributed by atoms with Gasteiger partial charge in [0.15, 0.2) is 0 Å². The van der Waals surface area contributed by atoms with Gasteiger partial charge in [0.25, 0.3) is 0 Å². The van der Waals surface area contributed by atoms with Crippen LogP contribution in [-0.2, 0) is 4.79 Å². The molecular formula is C15H20F2N2O3. The summed E-state index contributed by atoms with van der Waals surface area (Å²) in [6.07, 6.45) is 1.28. The summed E-state index contributed by atoms with van der Waals surface area (Å²) in [7, 11) is 0. The zero-order valence-electron chi connectivity index (χ0n) is 12.3. The van der Waals surface area contributed by atoms with Crippen molar-refractivity contribution in [3.05, 3.63) is 29.8 Å². The Morgan fingerprint density at radius 3 is 2.86 bits per heavy atom. The van der Waals surface area contributed by atoms with E-state index in [4.69, 9.17) is 5.11 Å². The van der Waals surface area contributed by atoms with E-state index in [2.05, 4.69) is 10.2 Å². The van der Waals surface area contributed by atoms with Crippen LogP contribution in [0.1, 0.15) is 31.2 Å². The molecule has 0 spiro atoms. The summed E-state index contributed by atoms with van der Waals surface area (Å²) in [5.41, 5.74) is 4.03. The average molecular weight is 314 g/mol. The predicted molar refractivity (Wildman–Crippen MR) is 76.9 cm³/mol. The molecule has 0 radical (unpaired) electrons. The van der Waals surface area contributed by atoms with Crippen molar-refractivity contribution in [2.24, 2.45) is 0 Å². The second-order valence-corrected chi connectivity index (χ2v) is 5.25. The highest BCUT2D eigenvalue weighted by atomic mass is 19.3. The van der Waals surface area contributed by atoms with E-state index in [1.54, 1.807) is 17.1 Å². The minimum Gasteiger partial charge on any atom is -0.480 e. The fraction of sp³-hybridized carbons (Fsp3) is 0.533. The second-order valence-electron chi connectivity index (χ2n) is 5.25. The molecule has 2 rings (SSSR count). The van der Waals surface area contributed by atoms with Gasteiger partial charge < -0.3 is 9.84 Å². The van der Waals surface area contributed by atoms with Gasteiger partial charge in [-0.15, -0.1) is 0 Å². The van der Waals surface area contributed by atoms with Crippen molar-refractivity contribution < 1.29 is 23.4 Å². The Labute approximate surface area is 127 Å². The van der Waals surface area contributed by atoms with Crippen LogP contribution in [0.4, 0.5) is 8.78 Å². The highest BCUT2D eigenvalue weighted by molar-refractivity contribution is 5.73. The van der Waals surface area contributed by atoms with Gasteiger partial charge in [-0.3, -0.25) is 10.2 Å². The molecule has 0 amide bonds. The third-order valence-electron chi connectivity index (χ3n) is 3.86. The van der Waals surface area contributed by atoms with Crippen LogP contribution in [-0.4, -0.2) is 41.8 Å².